The van der Waals surface area contributed by atoms with E-state index in [0.29, 0.717) is 0 Å². The predicted molar refractivity (Wildman–Crippen MR) is 87.3 cm³/mol. The molecule has 16 heteroatoms. The molecule has 12 N–H and O–H groups in total. The van der Waals surface area contributed by atoms with E-state index in [1.807, 2.05) is 84.2 Å². The van der Waals surface area contributed by atoms with Crippen LogP contribution in [-0.4, -0.2) is 32.9 Å². The fraction of sp³-hybridized carbons (Fsp3) is 0. The summed E-state index contributed by atoms with van der Waals surface area (Å²) in [5.74, 6) is 1.08. The van der Waals surface area contributed by atoms with Gasteiger partial charge >= 0.3 is 25.3 Å². The Morgan fingerprint density at radius 2 is 0.774 bits per heavy atom. The van der Waals surface area contributed by atoms with Crippen LogP contribution in [0.3, 0.4) is 0 Å². The maximum atomic E-state index is 2.08. The van der Waals surface area contributed by atoms with Crippen molar-refractivity contribution >= 4 is 0 Å². The molecule has 0 aliphatic heterocycles. The van der Waals surface area contributed by atoms with Crippen LogP contribution in [0, 0.1) is 0 Å². The molecule has 0 spiro atoms. The Morgan fingerprint density at radius 1 is 0.419 bits per heavy atom. The van der Waals surface area contributed by atoms with Gasteiger partial charge in [0, 0.05) is 30.3 Å². The Kier molecular flexibility index (Phi) is 83.1. The van der Waals surface area contributed by atoms with Crippen molar-refractivity contribution < 1.29 is 141 Å². The molecule has 9 nitrogen and oxygen atoms in total. The fourth-order valence-corrected chi connectivity index (χ4v) is 1.91. The van der Waals surface area contributed by atoms with Crippen molar-refractivity contribution in [1.29, 1.82) is 0 Å². The molecule has 0 fully saturated rings. The summed E-state index contributed by atoms with van der Waals surface area (Å²) in [6.45, 7) is 0. The molecule has 3 rings (SSSR count). The van der Waals surface area contributed by atoms with E-state index in [1.165, 1.54) is 0 Å². The van der Waals surface area contributed by atoms with Crippen molar-refractivity contribution in [3.8, 4) is 5.82 Å². The molecule has 31 heavy (non-hydrogen) atoms. The van der Waals surface area contributed by atoms with Crippen LogP contribution >= 0.6 is 0 Å². The van der Waals surface area contributed by atoms with E-state index in [-0.39, 0.29) is 127 Å². The van der Waals surface area contributed by atoms with Gasteiger partial charge in [-0.25, -0.2) is 0 Å². The summed E-state index contributed by atoms with van der Waals surface area (Å²) < 4.78 is 6.20. The van der Waals surface area contributed by atoms with Gasteiger partial charge in [0.25, 0.3) is 0 Å². The third-order valence-corrected chi connectivity index (χ3v) is 2.75. The molecule has 0 bridgehead atoms. The molecule has 0 saturated carbocycles. The molecule has 0 aromatic carbocycles. The van der Waals surface area contributed by atoms with Gasteiger partial charge in [0.05, 0.1) is 10.7 Å². The molecule has 0 aliphatic carbocycles. The maximum Gasteiger partial charge on any atom is 3.00 e. The molecule has 3 heterocycles. The SMILES string of the molecule is O.O.O.O.O.O.[Cl-].[Cl-].[Cl-].[Cl-].[Cl-].[Cl-].[Ru+3].c1cc[n+](-c2cccc[n+]2-[n+]2ccccc2)cc1. The number of halogens is 6. The first-order valence-corrected chi connectivity index (χ1v) is 5.89. The maximum absolute atomic E-state index is 2.08. The second kappa shape index (κ2) is 36.9. The van der Waals surface area contributed by atoms with Crippen LogP contribution in [0.4, 0.5) is 0 Å². The zero-order chi connectivity index (χ0) is 12.2. The van der Waals surface area contributed by atoms with Crippen LogP contribution in [-0.2, 0) is 19.5 Å². The third-order valence-electron chi connectivity index (χ3n) is 2.75. The third kappa shape index (κ3) is 18.8. The van der Waals surface area contributed by atoms with E-state index >= 15 is 0 Å². The monoisotopic (exact) mass is 656 g/mol. The summed E-state index contributed by atoms with van der Waals surface area (Å²) in [4.78, 5) is 0. The molecule has 187 valence electrons. The van der Waals surface area contributed by atoms with Gasteiger partial charge in [0.2, 0.25) is 18.6 Å². The zero-order valence-electron chi connectivity index (χ0n) is 15.5. The van der Waals surface area contributed by atoms with Crippen molar-refractivity contribution in [2.24, 2.45) is 0 Å². The van der Waals surface area contributed by atoms with Crippen molar-refractivity contribution in [3.63, 3.8) is 0 Å². The average molecular weight is 658 g/mol. The van der Waals surface area contributed by atoms with E-state index in [2.05, 4.69) is 15.3 Å². The first kappa shape index (κ1) is 69.8. The number of nitrogens with zero attached hydrogens (tertiary/aromatic N) is 3. The van der Waals surface area contributed by atoms with Crippen LogP contribution in [0.2, 0.25) is 0 Å². The number of pyridine rings is 3. The summed E-state index contributed by atoms with van der Waals surface area (Å²) in [7, 11) is 0. The summed E-state index contributed by atoms with van der Waals surface area (Å²) in [5, 5.41) is 0. The van der Waals surface area contributed by atoms with Gasteiger partial charge in [-0.3, -0.25) is 0 Å². The molecular weight excluding hydrogens is 632 g/mol. The smallest absolute Gasteiger partial charge is 1.00 e. The largest absolute Gasteiger partial charge is 3.00 e. The summed E-state index contributed by atoms with van der Waals surface area (Å²) >= 11 is 0. The van der Waals surface area contributed by atoms with Crippen LogP contribution in [0.1, 0.15) is 0 Å². The number of rotatable bonds is 2. The second-order valence-corrected chi connectivity index (χ2v) is 3.94. The van der Waals surface area contributed by atoms with Crippen molar-refractivity contribution in [3.05, 3.63) is 85.6 Å². The topological polar surface area (TPSA) is 201 Å². The molecule has 3 aromatic heterocycles. The Labute approximate surface area is 230 Å². The molecule has 3 aromatic rings. The molecule has 0 amide bonds. The Hall–Kier alpha value is -0.427. The fourth-order valence-electron chi connectivity index (χ4n) is 1.91. The first-order chi connectivity index (χ1) is 8.95. The minimum atomic E-state index is 0. The normalized spacial score (nSPS) is 5.94. The standard InChI is InChI=1S/C15H14N3.6ClH.6H2O.Ru/c1-4-10-16(11-5-1)15-9-3-8-14-18(15)17-12-6-2-7-13-17;;;;;;;;;;;;;/h1-14H;6*1H;6*1H2;/q+3;;;;;;;;;;;;;+3/p-6. The Morgan fingerprint density at radius 3 is 1.19 bits per heavy atom. The molecule has 0 saturated heterocycles. The summed E-state index contributed by atoms with van der Waals surface area (Å²) in [6, 6.07) is 18.2. The van der Waals surface area contributed by atoms with E-state index in [9.17, 15) is 0 Å². The van der Waals surface area contributed by atoms with Gasteiger partial charge in [0.1, 0.15) is 4.68 Å². The number of hydrogen-bond acceptors (Lipinski definition) is 0. The minimum Gasteiger partial charge on any atom is -1.00 e. The molecule has 0 aliphatic rings. The molecular formula is C15H26Cl6N3O6Ru. The molecule has 1 radical (unpaired) electrons. The van der Waals surface area contributed by atoms with Crippen molar-refractivity contribution in [2.45, 2.75) is 0 Å². The zero-order valence-corrected chi connectivity index (χ0v) is 21.8. The van der Waals surface area contributed by atoms with Crippen LogP contribution in [0.15, 0.2) is 85.6 Å². The van der Waals surface area contributed by atoms with Gasteiger partial charge in [-0.2, -0.15) is 0 Å². The van der Waals surface area contributed by atoms with E-state index in [1.54, 1.807) is 0 Å². The molecule has 0 unspecified atom stereocenters. The van der Waals surface area contributed by atoms with Crippen molar-refractivity contribution in [1.82, 2.24) is 0 Å². The van der Waals surface area contributed by atoms with Crippen LogP contribution < -0.4 is 88.4 Å². The first-order valence-electron chi connectivity index (χ1n) is 5.89. The van der Waals surface area contributed by atoms with Gasteiger partial charge in [-0.15, -0.1) is 4.57 Å². The van der Waals surface area contributed by atoms with Gasteiger partial charge in [-0.1, -0.05) is 6.07 Å². The van der Waals surface area contributed by atoms with E-state index < -0.39 is 0 Å². The number of aromatic nitrogens is 3. The van der Waals surface area contributed by atoms with Crippen molar-refractivity contribution in [2.75, 3.05) is 0 Å². The van der Waals surface area contributed by atoms with Crippen LogP contribution in [0.25, 0.3) is 5.82 Å². The Balaban J connectivity index is -0.0000000342. The average Bonchev–Trinajstić information content (AvgIpc) is 2.49. The van der Waals surface area contributed by atoms with Crippen LogP contribution in [0.5, 0.6) is 0 Å². The second-order valence-electron chi connectivity index (χ2n) is 3.94. The number of hydrogen-bond donors (Lipinski definition) is 0. The minimum absolute atomic E-state index is 0. The summed E-state index contributed by atoms with van der Waals surface area (Å²) in [5.41, 5.74) is 0. The van der Waals surface area contributed by atoms with Gasteiger partial charge in [0.15, 0.2) is 12.4 Å². The molecule has 0 atom stereocenters. The predicted octanol–water partition coefficient (Wildman–Crippen LogP) is -22.1. The van der Waals surface area contributed by atoms with E-state index in [0.717, 1.165) is 5.82 Å². The Bertz CT molecular complexity index is 625. The van der Waals surface area contributed by atoms with E-state index in [4.69, 9.17) is 0 Å². The van der Waals surface area contributed by atoms with Gasteiger partial charge in [-0.05, 0) is 12.1 Å². The van der Waals surface area contributed by atoms with Gasteiger partial charge < -0.3 is 107 Å². The quantitative estimate of drug-likeness (QED) is 0.186. The summed E-state index contributed by atoms with van der Waals surface area (Å²) in [6.07, 6.45) is 10.2.